The number of carboxylic acid groups (broad SMARTS) is 1. The molecule has 0 radical (unpaired) electrons. The number of nitrogens with one attached hydrogen (secondary N) is 1. The summed E-state index contributed by atoms with van der Waals surface area (Å²) in [6, 6.07) is 8.50. The van der Waals surface area contributed by atoms with Crippen LogP contribution in [0.4, 0.5) is 18.9 Å². The number of aliphatic hydroxyl groups is 1. The molecule has 27 heavy (non-hydrogen) atoms. The normalized spacial score (nSPS) is 11.0. The van der Waals surface area contributed by atoms with E-state index in [1.807, 2.05) is 0 Å². The molecule has 0 bridgehead atoms. The zero-order valence-electron chi connectivity index (χ0n) is 13.6. The van der Waals surface area contributed by atoms with Crippen LogP contribution in [0.5, 0.6) is 11.5 Å². The Labute approximate surface area is 150 Å². The molecule has 0 spiro atoms. The highest BCUT2D eigenvalue weighted by molar-refractivity contribution is 6.11. The van der Waals surface area contributed by atoms with Crippen molar-refractivity contribution < 1.29 is 42.4 Å². The molecule has 0 saturated heterocycles. The lowest BCUT2D eigenvalue weighted by molar-refractivity contribution is -0.274. The highest BCUT2D eigenvalue weighted by atomic mass is 19.4. The molecule has 0 fully saturated rings. The third-order valence-corrected chi connectivity index (χ3v) is 3.19. The summed E-state index contributed by atoms with van der Waals surface area (Å²) in [4.78, 5) is 23.5. The second kappa shape index (κ2) is 8.41. The third-order valence-electron chi connectivity index (χ3n) is 3.19. The number of carbonyl (C=O) groups excluding carboxylic acids is 1. The van der Waals surface area contributed by atoms with Crippen molar-refractivity contribution in [1.29, 1.82) is 0 Å². The van der Waals surface area contributed by atoms with E-state index in [1.54, 1.807) is 0 Å². The van der Waals surface area contributed by atoms with E-state index in [2.05, 4.69) is 10.1 Å². The highest BCUT2D eigenvalue weighted by Gasteiger charge is 2.32. The standard InChI is InChI=1S/C17H14F3NO6/c18-17(19,20)27-14-9-10(26-8-7-22)5-6-13(14)21-15(23)11-3-1-2-4-12(11)16(24)25/h1-6,9,22H,7-8H2,(H,21,23)(H,24,25). The van der Waals surface area contributed by atoms with Gasteiger partial charge in [0, 0.05) is 6.07 Å². The Morgan fingerprint density at radius 2 is 1.74 bits per heavy atom. The highest BCUT2D eigenvalue weighted by Crippen LogP contribution is 2.34. The molecule has 2 aromatic rings. The van der Waals surface area contributed by atoms with Crippen molar-refractivity contribution in [3.63, 3.8) is 0 Å². The topological polar surface area (TPSA) is 105 Å². The fourth-order valence-corrected chi connectivity index (χ4v) is 2.13. The lowest BCUT2D eigenvalue weighted by Crippen LogP contribution is -2.20. The van der Waals surface area contributed by atoms with Crippen LogP contribution in [0.1, 0.15) is 20.7 Å². The Hall–Kier alpha value is -3.27. The van der Waals surface area contributed by atoms with Crippen LogP contribution in [-0.2, 0) is 0 Å². The minimum atomic E-state index is -5.03. The maximum absolute atomic E-state index is 12.6. The lowest BCUT2D eigenvalue weighted by atomic mass is 10.1. The molecule has 0 heterocycles. The zero-order chi connectivity index (χ0) is 20.0. The molecule has 7 nitrogen and oxygen atoms in total. The predicted octanol–water partition coefficient (Wildman–Crippen LogP) is 2.91. The number of aromatic carboxylic acids is 1. The fourth-order valence-electron chi connectivity index (χ4n) is 2.13. The van der Waals surface area contributed by atoms with Crippen molar-refractivity contribution in [2.24, 2.45) is 0 Å². The number of carbonyl (C=O) groups is 2. The number of hydrogen-bond acceptors (Lipinski definition) is 5. The van der Waals surface area contributed by atoms with E-state index in [0.717, 1.165) is 12.1 Å². The van der Waals surface area contributed by atoms with Gasteiger partial charge in [-0.25, -0.2) is 4.79 Å². The van der Waals surface area contributed by atoms with E-state index in [-0.39, 0.29) is 35.8 Å². The Morgan fingerprint density at radius 3 is 2.33 bits per heavy atom. The predicted molar refractivity (Wildman–Crippen MR) is 87.1 cm³/mol. The van der Waals surface area contributed by atoms with Crippen molar-refractivity contribution in [2.75, 3.05) is 18.5 Å². The van der Waals surface area contributed by atoms with Crippen LogP contribution >= 0.6 is 0 Å². The molecule has 2 aromatic carbocycles. The molecule has 1 amide bonds. The lowest BCUT2D eigenvalue weighted by Gasteiger charge is -2.16. The summed E-state index contributed by atoms with van der Waals surface area (Å²) in [6.45, 7) is -0.497. The minimum absolute atomic E-state index is 0.0211. The SMILES string of the molecule is O=C(O)c1ccccc1C(=O)Nc1ccc(OCCO)cc1OC(F)(F)F. The van der Waals surface area contributed by atoms with Crippen molar-refractivity contribution in [2.45, 2.75) is 6.36 Å². The van der Waals surface area contributed by atoms with E-state index in [9.17, 15) is 22.8 Å². The number of benzene rings is 2. The van der Waals surface area contributed by atoms with Gasteiger partial charge < -0.3 is 25.0 Å². The van der Waals surface area contributed by atoms with Crippen LogP contribution in [0.3, 0.4) is 0 Å². The minimum Gasteiger partial charge on any atom is -0.491 e. The number of hydrogen-bond donors (Lipinski definition) is 3. The maximum atomic E-state index is 12.6. The first-order chi connectivity index (χ1) is 12.7. The number of amides is 1. The average molecular weight is 385 g/mol. The van der Waals surface area contributed by atoms with Crippen LogP contribution in [0.15, 0.2) is 42.5 Å². The Kier molecular flexibility index (Phi) is 6.24. The Balaban J connectivity index is 2.34. The van der Waals surface area contributed by atoms with Gasteiger partial charge in [0.05, 0.1) is 23.4 Å². The molecule has 0 aliphatic carbocycles. The largest absolute Gasteiger partial charge is 0.573 e. The molecular weight excluding hydrogens is 371 g/mol. The van der Waals surface area contributed by atoms with Gasteiger partial charge in [-0.1, -0.05) is 12.1 Å². The summed E-state index contributed by atoms with van der Waals surface area (Å²) in [6.07, 6.45) is -5.03. The van der Waals surface area contributed by atoms with Gasteiger partial charge in [-0.3, -0.25) is 4.79 Å². The first-order valence-corrected chi connectivity index (χ1v) is 7.48. The van der Waals surface area contributed by atoms with Gasteiger partial charge >= 0.3 is 12.3 Å². The summed E-state index contributed by atoms with van der Waals surface area (Å²) in [7, 11) is 0. The molecule has 0 aliphatic rings. The molecule has 0 aliphatic heterocycles. The summed E-state index contributed by atoms with van der Waals surface area (Å²) in [5, 5.41) is 20.0. The second-order valence-corrected chi connectivity index (χ2v) is 5.08. The number of carboxylic acids is 1. The van der Waals surface area contributed by atoms with Gasteiger partial charge in [0.25, 0.3) is 5.91 Å². The van der Waals surface area contributed by atoms with Gasteiger partial charge in [-0.05, 0) is 24.3 Å². The number of alkyl halides is 3. The van der Waals surface area contributed by atoms with E-state index < -0.39 is 24.0 Å². The number of halogens is 3. The van der Waals surface area contributed by atoms with Crippen molar-refractivity contribution >= 4 is 17.6 Å². The van der Waals surface area contributed by atoms with E-state index >= 15 is 0 Å². The molecule has 2 rings (SSSR count). The van der Waals surface area contributed by atoms with Crippen LogP contribution < -0.4 is 14.8 Å². The number of anilines is 1. The van der Waals surface area contributed by atoms with E-state index in [1.165, 1.54) is 30.3 Å². The van der Waals surface area contributed by atoms with Crippen molar-refractivity contribution in [3.05, 3.63) is 53.6 Å². The second-order valence-electron chi connectivity index (χ2n) is 5.08. The van der Waals surface area contributed by atoms with E-state index in [4.69, 9.17) is 14.9 Å². The van der Waals surface area contributed by atoms with Gasteiger partial charge in [0.2, 0.25) is 0 Å². The van der Waals surface area contributed by atoms with Crippen LogP contribution in [0.25, 0.3) is 0 Å². The first-order valence-electron chi connectivity index (χ1n) is 7.48. The number of rotatable bonds is 7. The molecular formula is C17H14F3NO6. The summed E-state index contributed by atoms with van der Waals surface area (Å²) in [5.41, 5.74) is -0.881. The molecule has 0 saturated carbocycles. The maximum Gasteiger partial charge on any atom is 0.573 e. The quantitative estimate of drug-likeness (QED) is 0.677. The van der Waals surface area contributed by atoms with Gasteiger partial charge in [0.1, 0.15) is 12.4 Å². The van der Waals surface area contributed by atoms with E-state index in [0.29, 0.717) is 0 Å². The van der Waals surface area contributed by atoms with Crippen LogP contribution in [-0.4, -0.2) is 41.7 Å². The smallest absolute Gasteiger partial charge is 0.491 e. The average Bonchev–Trinajstić information content (AvgIpc) is 2.60. The Bertz CT molecular complexity index is 838. The first kappa shape index (κ1) is 20.0. The molecule has 0 atom stereocenters. The molecule has 3 N–H and O–H groups in total. The number of ether oxygens (including phenoxy) is 2. The van der Waals surface area contributed by atoms with Gasteiger partial charge in [0.15, 0.2) is 5.75 Å². The Morgan fingerprint density at radius 1 is 1.07 bits per heavy atom. The van der Waals surface area contributed by atoms with Crippen molar-refractivity contribution in [1.82, 2.24) is 0 Å². The van der Waals surface area contributed by atoms with Crippen molar-refractivity contribution in [3.8, 4) is 11.5 Å². The summed E-state index contributed by atoms with van der Waals surface area (Å²) < 4.78 is 46.8. The summed E-state index contributed by atoms with van der Waals surface area (Å²) in [5.74, 6) is -3.06. The molecule has 144 valence electrons. The third kappa shape index (κ3) is 5.61. The molecule has 0 unspecified atom stereocenters. The van der Waals surface area contributed by atoms with Gasteiger partial charge in [-0.15, -0.1) is 13.2 Å². The molecule has 10 heteroatoms. The van der Waals surface area contributed by atoms with Gasteiger partial charge in [-0.2, -0.15) is 0 Å². The monoisotopic (exact) mass is 385 g/mol. The van der Waals surface area contributed by atoms with Crippen LogP contribution in [0, 0.1) is 0 Å². The fraction of sp³-hybridized carbons (Fsp3) is 0.176. The molecule has 0 aromatic heterocycles. The summed E-state index contributed by atoms with van der Waals surface area (Å²) >= 11 is 0. The zero-order valence-corrected chi connectivity index (χ0v) is 13.6. The number of aliphatic hydroxyl groups excluding tert-OH is 1. The van der Waals surface area contributed by atoms with Crippen LogP contribution in [0.2, 0.25) is 0 Å².